The fourth-order valence-electron chi connectivity index (χ4n) is 2.15. The molecule has 0 radical (unpaired) electrons. The van der Waals surface area contributed by atoms with Gasteiger partial charge in [-0.05, 0) is 30.3 Å². The van der Waals surface area contributed by atoms with Gasteiger partial charge >= 0.3 is 11.9 Å². The van der Waals surface area contributed by atoms with Crippen LogP contribution < -0.4 is 0 Å². The molecule has 0 fully saturated rings. The van der Waals surface area contributed by atoms with E-state index in [0.29, 0.717) is 18.9 Å². The number of hydrogen-bond donors (Lipinski definition) is 0. The van der Waals surface area contributed by atoms with E-state index in [1.165, 1.54) is 18.3 Å². The monoisotopic (exact) mass is 341 g/mol. The number of carbonyl (C=O) groups excluding carboxylic acids is 2. The Morgan fingerprint density at radius 3 is 2.79 bits per heavy atom. The summed E-state index contributed by atoms with van der Waals surface area (Å²) >= 11 is 1.53. The molecular weight excluding hydrogens is 326 g/mol. The molecule has 0 N–H and O–H groups in total. The van der Waals surface area contributed by atoms with Crippen LogP contribution >= 0.6 is 11.3 Å². The first-order chi connectivity index (χ1) is 11.6. The van der Waals surface area contributed by atoms with Crippen LogP contribution in [0.1, 0.15) is 22.2 Å². The van der Waals surface area contributed by atoms with Gasteiger partial charge in [-0.15, -0.1) is 11.3 Å². The summed E-state index contributed by atoms with van der Waals surface area (Å²) in [4.78, 5) is 29.0. The smallest absolute Gasteiger partial charge is 0.363 e. The number of benzene rings is 1. The summed E-state index contributed by atoms with van der Waals surface area (Å²) in [5.74, 6) is -0.424. The number of nitrogens with zero attached hydrogens (tertiary/aromatic N) is 1. The summed E-state index contributed by atoms with van der Waals surface area (Å²) in [5.41, 5.74) is 1.05. The van der Waals surface area contributed by atoms with Gasteiger partial charge in [0, 0.05) is 28.7 Å². The molecule has 0 unspecified atom stereocenters. The highest BCUT2D eigenvalue weighted by Crippen LogP contribution is 2.23. The van der Waals surface area contributed by atoms with Crippen molar-refractivity contribution < 1.29 is 19.1 Å². The minimum Gasteiger partial charge on any atom is -0.465 e. The lowest BCUT2D eigenvalue weighted by atomic mass is 10.2. The topological polar surface area (TPSA) is 65.0 Å². The molecule has 0 atom stereocenters. The maximum absolute atomic E-state index is 12.0. The third-order valence-electron chi connectivity index (χ3n) is 3.26. The number of ether oxygens (including phenoxy) is 2. The number of rotatable bonds is 5. The largest absolute Gasteiger partial charge is 0.465 e. The fraction of sp³-hybridized carbons (Fsp3) is 0.167. The second-order valence-electron chi connectivity index (χ2n) is 5.10. The third-order valence-corrected chi connectivity index (χ3v) is 4.35. The molecule has 1 aliphatic rings. The van der Waals surface area contributed by atoms with Gasteiger partial charge in [-0.2, -0.15) is 0 Å². The van der Waals surface area contributed by atoms with E-state index in [1.807, 2.05) is 42.5 Å². The molecule has 0 aliphatic carbocycles. The molecule has 122 valence electrons. The minimum absolute atomic E-state index is 0.280. The highest BCUT2D eigenvalue weighted by Gasteiger charge is 2.24. The van der Waals surface area contributed by atoms with Gasteiger partial charge in [-0.25, -0.2) is 9.79 Å². The summed E-state index contributed by atoms with van der Waals surface area (Å²) < 4.78 is 10.1. The molecule has 1 aromatic heterocycles. The molecule has 2 heterocycles. The quantitative estimate of drug-likeness (QED) is 0.619. The van der Waals surface area contributed by atoms with Gasteiger partial charge in [-0.3, -0.25) is 4.79 Å². The van der Waals surface area contributed by atoms with Crippen LogP contribution in [-0.4, -0.2) is 24.4 Å². The number of thiophene rings is 1. The molecule has 3 rings (SSSR count). The van der Waals surface area contributed by atoms with Gasteiger partial charge in [0.1, 0.15) is 0 Å². The van der Waals surface area contributed by atoms with Gasteiger partial charge in [-0.1, -0.05) is 18.2 Å². The Bertz CT molecular complexity index is 821. The van der Waals surface area contributed by atoms with E-state index in [9.17, 15) is 9.59 Å². The Balaban J connectivity index is 1.72. The molecule has 1 aromatic carbocycles. The second kappa shape index (κ2) is 7.23. The summed E-state index contributed by atoms with van der Waals surface area (Å²) in [5, 5.41) is 0. The Morgan fingerprint density at radius 2 is 2.04 bits per heavy atom. The normalized spacial score (nSPS) is 15.3. The van der Waals surface area contributed by atoms with E-state index >= 15 is 0 Å². The van der Waals surface area contributed by atoms with Crippen LogP contribution in [0.2, 0.25) is 0 Å². The second-order valence-corrected chi connectivity index (χ2v) is 6.30. The van der Waals surface area contributed by atoms with Crippen molar-refractivity contribution in [2.45, 2.75) is 13.3 Å². The van der Waals surface area contributed by atoms with Crippen LogP contribution in [0.25, 0.3) is 6.08 Å². The average molecular weight is 341 g/mol. The number of hydrogen-bond acceptors (Lipinski definition) is 6. The van der Waals surface area contributed by atoms with Crippen molar-refractivity contribution >= 4 is 35.2 Å². The van der Waals surface area contributed by atoms with Crippen LogP contribution in [0.3, 0.4) is 0 Å². The lowest BCUT2D eigenvalue weighted by molar-refractivity contribution is -0.140. The molecule has 0 bridgehead atoms. The van der Waals surface area contributed by atoms with E-state index < -0.39 is 5.97 Å². The van der Waals surface area contributed by atoms with E-state index in [4.69, 9.17) is 9.47 Å². The minimum atomic E-state index is -0.455. The Hall–Kier alpha value is -2.73. The molecule has 0 amide bonds. The van der Waals surface area contributed by atoms with Crippen molar-refractivity contribution in [2.75, 3.05) is 6.61 Å². The third kappa shape index (κ3) is 3.97. The van der Waals surface area contributed by atoms with Crippen LogP contribution in [0.15, 0.2) is 53.2 Å². The lowest BCUT2D eigenvalue weighted by Gasteiger charge is -1.98. The molecule has 6 heteroatoms. The molecule has 5 nitrogen and oxygen atoms in total. The van der Waals surface area contributed by atoms with Crippen LogP contribution in [0.5, 0.6) is 0 Å². The van der Waals surface area contributed by atoms with Crippen LogP contribution in [0.4, 0.5) is 0 Å². The zero-order valence-corrected chi connectivity index (χ0v) is 13.8. The maximum Gasteiger partial charge on any atom is 0.363 e. The number of aliphatic imine (C=N–C) groups is 1. The van der Waals surface area contributed by atoms with Gasteiger partial charge in [0.25, 0.3) is 0 Å². The Labute approximate surface area is 143 Å². The molecule has 0 spiro atoms. The predicted octanol–water partition coefficient (Wildman–Crippen LogP) is 3.20. The van der Waals surface area contributed by atoms with E-state index in [1.54, 1.807) is 6.08 Å². The standard InChI is InChI=1S/C18H15NO4S/c1-12(20)22-10-9-14-7-8-15(24-14)11-16-18(21)23-17(19-16)13-5-3-2-4-6-13/h2-8,11H,9-10H2,1H3. The molecule has 0 saturated heterocycles. The Kier molecular flexibility index (Phi) is 4.86. The molecule has 2 aromatic rings. The summed E-state index contributed by atoms with van der Waals surface area (Å²) in [6.07, 6.45) is 2.36. The zero-order valence-electron chi connectivity index (χ0n) is 13.0. The summed E-state index contributed by atoms with van der Waals surface area (Å²) in [7, 11) is 0. The van der Waals surface area contributed by atoms with Crippen molar-refractivity contribution in [3.05, 3.63) is 63.5 Å². The SMILES string of the molecule is CC(=O)OCCc1ccc(C=C2N=C(c3ccccc3)OC2=O)s1. The van der Waals surface area contributed by atoms with Crippen LogP contribution in [-0.2, 0) is 25.5 Å². The molecule has 0 saturated carbocycles. The number of cyclic esters (lactones) is 1. The first-order valence-electron chi connectivity index (χ1n) is 7.42. The van der Waals surface area contributed by atoms with Gasteiger partial charge in [0.05, 0.1) is 6.61 Å². The van der Waals surface area contributed by atoms with Crippen molar-refractivity contribution in [1.29, 1.82) is 0 Å². The Morgan fingerprint density at radius 1 is 1.25 bits per heavy atom. The van der Waals surface area contributed by atoms with Gasteiger partial charge in [0.2, 0.25) is 5.90 Å². The van der Waals surface area contributed by atoms with E-state index in [0.717, 1.165) is 15.3 Å². The number of esters is 2. The first kappa shape index (κ1) is 16.1. The van der Waals surface area contributed by atoms with Crippen molar-refractivity contribution in [1.82, 2.24) is 0 Å². The number of carbonyl (C=O) groups is 2. The van der Waals surface area contributed by atoms with E-state index in [2.05, 4.69) is 4.99 Å². The molecule has 1 aliphatic heterocycles. The predicted molar refractivity (Wildman–Crippen MR) is 91.7 cm³/mol. The van der Waals surface area contributed by atoms with Crippen molar-refractivity contribution in [3.8, 4) is 0 Å². The fourth-order valence-corrected chi connectivity index (χ4v) is 3.08. The maximum atomic E-state index is 12.0. The highest BCUT2D eigenvalue weighted by atomic mass is 32.1. The molecule has 24 heavy (non-hydrogen) atoms. The van der Waals surface area contributed by atoms with Crippen molar-refractivity contribution in [3.63, 3.8) is 0 Å². The average Bonchev–Trinajstić information content (AvgIpc) is 3.16. The zero-order chi connectivity index (χ0) is 16.9. The lowest BCUT2D eigenvalue weighted by Crippen LogP contribution is -2.04. The van der Waals surface area contributed by atoms with Gasteiger partial charge < -0.3 is 9.47 Å². The summed E-state index contributed by atoms with van der Waals surface area (Å²) in [6.45, 7) is 1.74. The highest BCUT2D eigenvalue weighted by molar-refractivity contribution is 7.12. The summed E-state index contributed by atoms with van der Waals surface area (Å²) in [6, 6.07) is 13.2. The first-order valence-corrected chi connectivity index (χ1v) is 8.23. The molecular formula is C18H15NO4S. The van der Waals surface area contributed by atoms with Crippen LogP contribution in [0, 0.1) is 0 Å². The van der Waals surface area contributed by atoms with Gasteiger partial charge in [0.15, 0.2) is 5.70 Å². The van der Waals surface area contributed by atoms with Crippen molar-refractivity contribution in [2.24, 2.45) is 4.99 Å². The van der Waals surface area contributed by atoms with E-state index in [-0.39, 0.29) is 11.7 Å².